The fraction of sp³-hybridized carbons (Fsp3) is 0. The number of benzene rings is 3. The SMILES string of the molecule is O=[N+]([O-])c1ccc(O)c(/C=N\Nc2nc(Nc3ccccc3)nc(Nc3ccccc3)n2)c1. The minimum absolute atomic E-state index is 0.114. The Morgan fingerprint density at radius 1 is 0.818 bits per heavy atom. The van der Waals surface area contributed by atoms with Gasteiger partial charge in [-0.05, 0) is 30.3 Å². The molecule has 0 aliphatic carbocycles. The largest absolute Gasteiger partial charge is 0.507 e. The zero-order valence-corrected chi connectivity index (χ0v) is 17.1. The smallest absolute Gasteiger partial charge is 0.270 e. The summed E-state index contributed by atoms with van der Waals surface area (Å²) in [6, 6.07) is 22.4. The van der Waals surface area contributed by atoms with Crippen LogP contribution in [0, 0.1) is 10.1 Å². The normalized spacial score (nSPS) is 10.7. The molecule has 164 valence electrons. The second-order valence-corrected chi connectivity index (χ2v) is 6.66. The number of para-hydroxylation sites is 2. The van der Waals surface area contributed by atoms with Gasteiger partial charge in [0.2, 0.25) is 17.8 Å². The van der Waals surface area contributed by atoms with Crippen molar-refractivity contribution in [2.45, 2.75) is 0 Å². The molecule has 33 heavy (non-hydrogen) atoms. The molecule has 0 aliphatic heterocycles. The number of nitrogens with one attached hydrogen (secondary N) is 3. The lowest BCUT2D eigenvalue weighted by Crippen LogP contribution is -2.07. The number of phenolic OH excluding ortho intramolecular Hbond substituents is 1. The number of hydrogen-bond donors (Lipinski definition) is 4. The average Bonchev–Trinajstić information content (AvgIpc) is 2.81. The highest BCUT2D eigenvalue weighted by Gasteiger charge is 2.10. The summed E-state index contributed by atoms with van der Waals surface area (Å²) in [4.78, 5) is 23.4. The molecule has 0 saturated carbocycles. The molecule has 0 saturated heterocycles. The molecular weight excluding hydrogens is 424 g/mol. The first-order valence-electron chi connectivity index (χ1n) is 9.73. The van der Waals surface area contributed by atoms with Crippen LogP contribution in [0.1, 0.15) is 5.56 Å². The molecule has 0 radical (unpaired) electrons. The number of nitro groups is 1. The van der Waals surface area contributed by atoms with Gasteiger partial charge in [-0.3, -0.25) is 10.1 Å². The minimum atomic E-state index is -0.556. The van der Waals surface area contributed by atoms with Crippen LogP contribution in [0.2, 0.25) is 0 Å². The fourth-order valence-electron chi connectivity index (χ4n) is 2.76. The monoisotopic (exact) mass is 442 g/mol. The number of phenols is 1. The van der Waals surface area contributed by atoms with E-state index in [0.717, 1.165) is 11.4 Å². The molecule has 0 unspecified atom stereocenters. The van der Waals surface area contributed by atoms with Gasteiger partial charge < -0.3 is 15.7 Å². The van der Waals surface area contributed by atoms with E-state index in [-0.39, 0.29) is 34.8 Å². The molecule has 1 heterocycles. The van der Waals surface area contributed by atoms with Crippen molar-refractivity contribution < 1.29 is 10.0 Å². The number of nitro benzene ring substituents is 1. The third-order valence-corrected chi connectivity index (χ3v) is 4.29. The summed E-state index contributed by atoms with van der Waals surface area (Å²) < 4.78 is 0. The van der Waals surface area contributed by atoms with E-state index in [0.29, 0.717) is 0 Å². The first-order chi connectivity index (χ1) is 16.1. The standard InChI is InChI=1S/C22H18N8O3/c31-19-12-11-18(30(32)33)13-15(19)14-23-29-22-27-20(24-16-7-3-1-4-8-16)26-21(28-22)25-17-9-5-2-6-10-17/h1-14,31H,(H3,24,25,26,27,28,29)/b23-14-. The van der Waals surface area contributed by atoms with Gasteiger partial charge in [-0.2, -0.15) is 20.1 Å². The second-order valence-electron chi connectivity index (χ2n) is 6.66. The Hall–Kier alpha value is -5.06. The number of aromatic hydroxyl groups is 1. The Balaban J connectivity index is 1.59. The van der Waals surface area contributed by atoms with Crippen molar-refractivity contribution in [3.05, 3.63) is 94.5 Å². The summed E-state index contributed by atoms with van der Waals surface area (Å²) in [5.74, 6) is 0.499. The quantitative estimate of drug-likeness (QED) is 0.177. The van der Waals surface area contributed by atoms with Gasteiger partial charge in [0.1, 0.15) is 5.75 Å². The van der Waals surface area contributed by atoms with E-state index in [1.54, 1.807) is 0 Å². The molecule has 4 N–H and O–H groups in total. The molecule has 4 aromatic rings. The molecule has 0 fully saturated rings. The Labute approximate surface area is 188 Å². The van der Waals surface area contributed by atoms with Crippen LogP contribution in [-0.4, -0.2) is 31.2 Å². The third kappa shape index (κ3) is 5.76. The van der Waals surface area contributed by atoms with E-state index in [1.165, 1.54) is 24.4 Å². The maximum atomic E-state index is 11.0. The van der Waals surface area contributed by atoms with Crippen molar-refractivity contribution in [1.29, 1.82) is 0 Å². The summed E-state index contributed by atoms with van der Waals surface area (Å²) >= 11 is 0. The van der Waals surface area contributed by atoms with Crippen LogP contribution < -0.4 is 16.1 Å². The van der Waals surface area contributed by atoms with Gasteiger partial charge in [0, 0.05) is 29.1 Å². The van der Waals surface area contributed by atoms with Crippen LogP contribution in [-0.2, 0) is 0 Å². The molecule has 0 spiro atoms. The maximum Gasteiger partial charge on any atom is 0.270 e. The van der Waals surface area contributed by atoms with E-state index in [9.17, 15) is 15.2 Å². The van der Waals surface area contributed by atoms with Gasteiger partial charge in [-0.15, -0.1) is 0 Å². The Kier molecular flexibility index (Phi) is 6.31. The van der Waals surface area contributed by atoms with Gasteiger partial charge in [-0.1, -0.05) is 36.4 Å². The molecule has 11 heteroatoms. The second kappa shape index (κ2) is 9.83. The van der Waals surface area contributed by atoms with Crippen molar-refractivity contribution >= 4 is 41.1 Å². The van der Waals surface area contributed by atoms with Gasteiger partial charge in [0.25, 0.3) is 5.69 Å². The number of aromatic nitrogens is 3. The lowest BCUT2D eigenvalue weighted by molar-refractivity contribution is -0.384. The molecule has 4 rings (SSSR count). The lowest BCUT2D eigenvalue weighted by atomic mass is 10.2. The van der Waals surface area contributed by atoms with Crippen LogP contribution in [0.4, 0.5) is 34.9 Å². The van der Waals surface area contributed by atoms with Crippen LogP contribution in [0.5, 0.6) is 5.75 Å². The van der Waals surface area contributed by atoms with Crippen LogP contribution in [0.3, 0.4) is 0 Å². The van der Waals surface area contributed by atoms with Gasteiger partial charge in [0.15, 0.2) is 0 Å². The Morgan fingerprint density at radius 3 is 1.91 bits per heavy atom. The zero-order chi connectivity index (χ0) is 23.0. The summed E-state index contributed by atoms with van der Waals surface area (Å²) in [6.07, 6.45) is 1.24. The first-order valence-corrected chi connectivity index (χ1v) is 9.73. The van der Waals surface area contributed by atoms with E-state index in [1.807, 2.05) is 60.7 Å². The van der Waals surface area contributed by atoms with Crippen LogP contribution in [0.25, 0.3) is 0 Å². The fourth-order valence-corrected chi connectivity index (χ4v) is 2.76. The number of hydrogen-bond acceptors (Lipinski definition) is 10. The zero-order valence-electron chi connectivity index (χ0n) is 17.1. The molecule has 0 bridgehead atoms. The number of non-ortho nitro benzene ring substituents is 1. The number of anilines is 5. The molecule has 0 amide bonds. The molecule has 11 nitrogen and oxygen atoms in total. The molecule has 0 aliphatic rings. The van der Waals surface area contributed by atoms with E-state index >= 15 is 0 Å². The summed E-state index contributed by atoms with van der Waals surface area (Å²) in [7, 11) is 0. The van der Waals surface area contributed by atoms with Crippen molar-refractivity contribution in [2.24, 2.45) is 5.10 Å². The highest BCUT2D eigenvalue weighted by Crippen LogP contribution is 2.22. The average molecular weight is 442 g/mol. The third-order valence-electron chi connectivity index (χ3n) is 4.29. The van der Waals surface area contributed by atoms with Crippen LogP contribution in [0.15, 0.2) is 84.0 Å². The minimum Gasteiger partial charge on any atom is -0.507 e. The topological polar surface area (TPSA) is 150 Å². The summed E-state index contributed by atoms with van der Waals surface area (Å²) in [6.45, 7) is 0. The van der Waals surface area contributed by atoms with Crippen molar-refractivity contribution in [1.82, 2.24) is 15.0 Å². The van der Waals surface area contributed by atoms with E-state index < -0.39 is 4.92 Å². The van der Waals surface area contributed by atoms with Crippen molar-refractivity contribution in [3.63, 3.8) is 0 Å². The van der Waals surface area contributed by atoms with Crippen molar-refractivity contribution in [3.8, 4) is 5.75 Å². The molecule has 0 atom stereocenters. The maximum absolute atomic E-state index is 11.0. The predicted octanol–water partition coefficient (Wildman–Crippen LogP) is 4.42. The van der Waals surface area contributed by atoms with Gasteiger partial charge in [-0.25, -0.2) is 5.43 Å². The highest BCUT2D eigenvalue weighted by molar-refractivity contribution is 5.84. The lowest BCUT2D eigenvalue weighted by Gasteiger charge is -2.10. The number of nitrogens with zero attached hydrogens (tertiary/aromatic N) is 5. The van der Waals surface area contributed by atoms with Crippen LogP contribution >= 0.6 is 0 Å². The van der Waals surface area contributed by atoms with Gasteiger partial charge >= 0.3 is 0 Å². The summed E-state index contributed by atoms with van der Waals surface area (Å²) in [5, 5.41) is 31.1. The van der Waals surface area contributed by atoms with Crippen molar-refractivity contribution in [2.75, 3.05) is 16.1 Å². The number of rotatable bonds is 8. The Bertz CT molecular complexity index is 1220. The summed E-state index contributed by atoms with van der Waals surface area (Å²) in [5.41, 5.74) is 4.23. The molecule has 1 aromatic heterocycles. The molecule has 3 aromatic carbocycles. The Morgan fingerprint density at radius 2 is 1.36 bits per heavy atom. The van der Waals surface area contributed by atoms with Gasteiger partial charge in [0.05, 0.1) is 11.1 Å². The number of hydrazone groups is 1. The van der Waals surface area contributed by atoms with E-state index in [2.05, 4.69) is 36.1 Å². The van der Waals surface area contributed by atoms with E-state index in [4.69, 9.17) is 0 Å². The molecular formula is C22H18N8O3. The predicted molar refractivity (Wildman–Crippen MR) is 125 cm³/mol. The highest BCUT2D eigenvalue weighted by atomic mass is 16.6. The first kappa shape index (κ1) is 21.2.